The standard InChI is InChI=1S/C20H23FN2O/c1-14-2-4-16(5-3-14)17-6-7-18(19(21)12-17)20(24)23-11-9-15-8-10-22-13-15/h2-7,12,15,22H,8-11,13H2,1H3,(H,23,24). The molecule has 1 amide bonds. The molecular formula is C20H23FN2O. The number of carbonyl (C=O) groups is 1. The van der Waals surface area contributed by atoms with Gasteiger partial charge >= 0.3 is 0 Å². The monoisotopic (exact) mass is 326 g/mol. The lowest BCUT2D eigenvalue weighted by Crippen LogP contribution is -2.27. The third-order valence-corrected chi connectivity index (χ3v) is 4.60. The van der Waals surface area contributed by atoms with Crippen LogP contribution in [-0.4, -0.2) is 25.5 Å². The normalized spacial score (nSPS) is 17.0. The van der Waals surface area contributed by atoms with Crippen LogP contribution in [0.2, 0.25) is 0 Å². The fourth-order valence-corrected chi connectivity index (χ4v) is 3.07. The van der Waals surface area contributed by atoms with Gasteiger partial charge in [-0.2, -0.15) is 0 Å². The topological polar surface area (TPSA) is 41.1 Å². The Balaban J connectivity index is 1.63. The molecule has 2 aromatic rings. The summed E-state index contributed by atoms with van der Waals surface area (Å²) in [6, 6.07) is 12.7. The molecule has 0 saturated carbocycles. The Labute approximate surface area is 142 Å². The number of hydrogen-bond acceptors (Lipinski definition) is 2. The largest absolute Gasteiger partial charge is 0.352 e. The van der Waals surface area contributed by atoms with Crippen LogP contribution in [0.15, 0.2) is 42.5 Å². The van der Waals surface area contributed by atoms with Crippen molar-refractivity contribution in [3.63, 3.8) is 0 Å². The van der Waals surface area contributed by atoms with Gasteiger partial charge in [-0.25, -0.2) is 4.39 Å². The van der Waals surface area contributed by atoms with E-state index in [2.05, 4.69) is 10.6 Å². The first-order chi connectivity index (χ1) is 11.6. The molecule has 1 fully saturated rings. The van der Waals surface area contributed by atoms with Crippen LogP contribution in [0.3, 0.4) is 0 Å². The lowest BCUT2D eigenvalue weighted by Gasteiger charge is -2.10. The van der Waals surface area contributed by atoms with Gasteiger partial charge < -0.3 is 10.6 Å². The molecule has 126 valence electrons. The number of nitrogens with one attached hydrogen (secondary N) is 2. The minimum Gasteiger partial charge on any atom is -0.352 e. The summed E-state index contributed by atoms with van der Waals surface area (Å²) in [5.74, 6) is -0.207. The van der Waals surface area contributed by atoms with Gasteiger partial charge in [0, 0.05) is 6.54 Å². The van der Waals surface area contributed by atoms with Crippen molar-refractivity contribution < 1.29 is 9.18 Å². The molecule has 1 saturated heterocycles. The van der Waals surface area contributed by atoms with E-state index in [0.717, 1.165) is 42.6 Å². The van der Waals surface area contributed by atoms with Gasteiger partial charge in [-0.05, 0) is 62.0 Å². The van der Waals surface area contributed by atoms with Crippen LogP contribution in [-0.2, 0) is 0 Å². The quantitative estimate of drug-likeness (QED) is 0.882. The SMILES string of the molecule is Cc1ccc(-c2ccc(C(=O)NCCC3CCNC3)c(F)c2)cc1. The summed E-state index contributed by atoms with van der Waals surface area (Å²) in [5, 5.41) is 6.13. The van der Waals surface area contributed by atoms with Crippen LogP contribution in [0.5, 0.6) is 0 Å². The molecule has 3 rings (SSSR count). The molecule has 1 unspecified atom stereocenters. The van der Waals surface area contributed by atoms with Gasteiger partial charge in [-0.1, -0.05) is 35.9 Å². The molecule has 2 aromatic carbocycles. The second-order valence-electron chi connectivity index (χ2n) is 6.46. The number of benzene rings is 2. The molecule has 1 heterocycles. The smallest absolute Gasteiger partial charge is 0.254 e. The van der Waals surface area contributed by atoms with Gasteiger partial charge in [-0.15, -0.1) is 0 Å². The molecule has 1 atom stereocenters. The molecule has 0 aliphatic carbocycles. The Morgan fingerprint density at radius 2 is 1.96 bits per heavy atom. The maximum Gasteiger partial charge on any atom is 0.254 e. The second-order valence-corrected chi connectivity index (χ2v) is 6.46. The first kappa shape index (κ1) is 16.7. The molecule has 0 radical (unpaired) electrons. The number of rotatable bonds is 5. The Kier molecular flexibility index (Phi) is 5.26. The van der Waals surface area contributed by atoms with Crippen molar-refractivity contribution in [1.82, 2.24) is 10.6 Å². The highest BCUT2D eigenvalue weighted by Gasteiger charge is 2.16. The Morgan fingerprint density at radius 1 is 1.21 bits per heavy atom. The Hall–Kier alpha value is -2.20. The van der Waals surface area contributed by atoms with Gasteiger partial charge in [0.15, 0.2) is 0 Å². The lowest BCUT2D eigenvalue weighted by molar-refractivity contribution is 0.0947. The molecule has 0 aromatic heterocycles. The summed E-state index contributed by atoms with van der Waals surface area (Å²) < 4.78 is 14.3. The highest BCUT2D eigenvalue weighted by Crippen LogP contribution is 2.22. The minimum absolute atomic E-state index is 0.107. The van der Waals surface area contributed by atoms with Crippen LogP contribution < -0.4 is 10.6 Å². The van der Waals surface area contributed by atoms with Crippen LogP contribution in [0, 0.1) is 18.7 Å². The molecule has 4 heteroatoms. The van der Waals surface area contributed by atoms with Gasteiger partial charge in [0.1, 0.15) is 5.82 Å². The average Bonchev–Trinajstić information content (AvgIpc) is 3.08. The van der Waals surface area contributed by atoms with E-state index in [4.69, 9.17) is 0 Å². The Morgan fingerprint density at radius 3 is 2.62 bits per heavy atom. The van der Waals surface area contributed by atoms with Crippen molar-refractivity contribution in [2.75, 3.05) is 19.6 Å². The lowest BCUT2D eigenvalue weighted by atomic mass is 10.0. The van der Waals surface area contributed by atoms with Crippen molar-refractivity contribution in [3.8, 4) is 11.1 Å². The van der Waals surface area contributed by atoms with E-state index in [1.165, 1.54) is 6.07 Å². The van der Waals surface area contributed by atoms with Crippen molar-refractivity contribution in [1.29, 1.82) is 0 Å². The molecule has 24 heavy (non-hydrogen) atoms. The fraction of sp³-hybridized carbons (Fsp3) is 0.350. The zero-order valence-electron chi connectivity index (χ0n) is 13.9. The predicted molar refractivity (Wildman–Crippen MR) is 94.5 cm³/mol. The molecule has 1 aliphatic heterocycles. The van der Waals surface area contributed by atoms with E-state index in [1.54, 1.807) is 12.1 Å². The maximum absolute atomic E-state index is 14.3. The number of aryl methyl sites for hydroxylation is 1. The van der Waals surface area contributed by atoms with Gasteiger partial charge in [-0.3, -0.25) is 4.79 Å². The Bertz CT molecular complexity index is 706. The molecule has 3 nitrogen and oxygen atoms in total. The number of amides is 1. The first-order valence-corrected chi connectivity index (χ1v) is 8.49. The van der Waals surface area contributed by atoms with Crippen molar-refractivity contribution in [2.45, 2.75) is 19.8 Å². The van der Waals surface area contributed by atoms with Crippen molar-refractivity contribution in [3.05, 3.63) is 59.4 Å². The van der Waals surface area contributed by atoms with Crippen LogP contribution in [0.25, 0.3) is 11.1 Å². The molecular weight excluding hydrogens is 303 g/mol. The third-order valence-electron chi connectivity index (χ3n) is 4.60. The first-order valence-electron chi connectivity index (χ1n) is 8.49. The summed E-state index contributed by atoms with van der Waals surface area (Å²) in [5.41, 5.74) is 2.99. The van der Waals surface area contributed by atoms with E-state index in [9.17, 15) is 9.18 Å². The summed E-state index contributed by atoms with van der Waals surface area (Å²) in [7, 11) is 0. The summed E-state index contributed by atoms with van der Waals surface area (Å²) in [6.45, 7) is 4.66. The summed E-state index contributed by atoms with van der Waals surface area (Å²) in [4.78, 5) is 12.2. The molecule has 0 bridgehead atoms. The number of carbonyl (C=O) groups excluding carboxylic acids is 1. The second kappa shape index (κ2) is 7.58. The molecule has 0 spiro atoms. The van der Waals surface area contributed by atoms with E-state index < -0.39 is 5.82 Å². The van der Waals surface area contributed by atoms with Crippen LogP contribution in [0.1, 0.15) is 28.8 Å². The average molecular weight is 326 g/mol. The van der Waals surface area contributed by atoms with E-state index >= 15 is 0 Å². The fourth-order valence-electron chi connectivity index (χ4n) is 3.07. The highest BCUT2D eigenvalue weighted by atomic mass is 19.1. The van der Waals surface area contributed by atoms with Gasteiger partial charge in [0.2, 0.25) is 0 Å². The summed E-state index contributed by atoms with van der Waals surface area (Å²) in [6.07, 6.45) is 2.08. The maximum atomic E-state index is 14.3. The van der Waals surface area contributed by atoms with Crippen molar-refractivity contribution >= 4 is 5.91 Å². The zero-order chi connectivity index (χ0) is 16.9. The van der Waals surface area contributed by atoms with Crippen molar-refractivity contribution in [2.24, 2.45) is 5.92 Å². The van der Waals surface area contributed by atoms with E-state index in [1.807, 2.05) is 31.2 Å². The summed E-state index contributed by atoms with van der Waals surface area (Å²) >= 11 is 0. The third kappa shape index (κ3) is 4.01. The predicted octanol–water partition coefficient (Wildman–Crippen LogP) is 3.53. The molecule has 1 aliphatic rings. The molecule has 2 N–H and O–H groups in total. The van der Waals surface area contributed by atoms with E-state index in [0.29, 0.717) is 12.5 Å². The number of halogens is 1. The highest BCUT2D eigenvalue weighted by molar-refractivity contribution is 5.95. The number of hydrogen-bond donors (Lipinski definition) is 2. The van der Waals surface area contributed by atoms with Gasteiger partial charge in [0.25, 0.3) is 5.91 Å². The van der Waals surface area contributed by atoms with Crippen LogP contribution in [0.4, 0.5) is 4.39 Å². The van der Waals surface area contributed by atoms with Crippen LogP contribution >= 0.6 is 0 Å². The van der Waals surface area contributed by atoms with Gasteiger partial charge in [0.05, 0.1) is 5.56 Å². The minimum atomic E-state index is -0.479. The zero-order valence-corrected chi connectivity index (χ0v) is 13.9. The van der Waals surface area contributed by atoms with E-state index in [-0.39, 0.29) is 11.5 Å².